The molecule has 0 fully saturated rings. The molecule has 16 heavy (non-hydrogen) atoms. The Hall–Kier alpha value is -1.40. The van der Waals surface area contributed by atoms with Crippen LogP contribution >= 0.6 is 11.3 Å². The first-order valence-electron chi connectivity index (χ1n) is 4.52. The predicted octanol–water partition coefficient (Wildman–Crippen LogP) is 2.49. The summed E-state index contributed by atoms with van der Waals surface area (Å²) < 4.78 is 25.9. The molecular formula is C10H10N2O2S2. The van der Waals surface area contributed by atoms with E-state index in [1.54, 1.807) is 18.2 Å². The molecule has 2 rings (SSSR count). The molecule has 0 amide bonds. The van der Waals surface area contributed by atoms with Crippen LogP contribution in [0.1, 0.15) is 5.01 Å². The average molecular weight is 254 g/mol. The summed E-state index contributed by atoms with van der Waals surface area (Å²) in [4.78, 5) is 4.29. The van der Waals surface area contributed by atoms with E-state index in [1.807, 2.05) is 6.92 Å². The van der Waals surface area contributed by atoms with Gasteiger partial charge < -0.3 is 0 Å². The van der Waals surface area contributed by atoms with Crippen LogP contribution in [0.2, 0.25) is 0 Å². The van der Waals surface area contributed by atoms with Crippen molar-refractivity contribution in [1.82, 2.24) is 4.98 Å². The number of nitrogens with zero attached hydrogens (tertiary/aromatic N) is 1. The first kappa shape index (κ1) is 11.1. The summed E-state index contributed by atoms with van der Waals surface area (Å²) in [6, 6.07) is 5.24. The second-order valence-electron chi connectivity index (χ2n) is 3.23. The van der Waals surface area contributed by atoms with E-state index in [0.717, 1.165) is 20.6 Å². The van der Waals surface area contributed by atoms with E-state index in [2.05, 4.69) is 16.3 Å². The van der Waals surface area contributed by atoms with Gasteiger partial charge in [-0.05, 0) is 25.1 Å². The average Bonchev–Trinajstić information content (AvgIpc) is 2.57. The molecule has 1 aromatic carbocycles. The fourth-order valence-corrected chi connectivity index (χ4v) is 2.71. The van der Waals surface area contributed by atoms with Crippen LogP contribution in [0.3, 0.4) is 0 Å². The Morgan fingerprint density at radius 1 is 1.50 bits per heavy atom. The second kappa shape index (κ2) is 3.88. The highest BCUT2D eigenvalue weighted by molar-refractivity contribution is 7.95. The van der Waals surface area contributed by atoms with Crippen molar-refractivity contribution < 1.29 is 8.42 Å². The molecule has 0 aliphatic rings. The molecule has 0 saturated carbocycles. The molecule has 1 aromatic heterocycles. The fourth-order valence-electron chi connectivity index (χ4n) is 1.31. The van der Waals surface area contributed by atoms with Crippen LogP contribution in [0, 0.1) is 6.92 Å². The van der Waals surface area contributed by atoms with Crippen LogP contribution in [-0.4, -0.2) is 13.4 Å². The van der Waals surface area contributed by atoms with Gasteiger partial charge in [0.1, 0.15) is 0 Å². The van der Waals surface area contributed by atoms with Crippen molar-refractivity contribution in [2.45, 2.75) is 6.92 Å². The van der Waals surface area contributed by atoms with E-state index in [4.69, 9.17) is 0 Å². The Morgan fingerprint density at radius 2 is 2.25 bits per heavy atom. The van der Waals surface area contributed by atoms with Gasteiger partial charge >= 0.3 is 0 Å². The summed E-state index contributed by atoms with van der Waals surface area (Å²) in [5.41, 5.74) is 1.40. The number of aromatic nitrogens is 1. The van der Waals surface area contributed by atoms with Gasteiger partial charge in [0.15, 0.2) is 0 Å². The summed E-state index contributed by atoms with van der Waals surface area (Å²) in [5.74, 6) is 0. The van der Waals surface area contributed by atoms with Crippen molar-refractivity contribution in [3.05, 3.63) is 35.2 Å². The SMILES string of the molecule is C=CS(=O)(=O)Nc1ccc2nc(C)sc2c1. The zero-order valence-electron chi connectivity index (χ0n) is 8.60. The Kier molecular flexibility index (Phi) is 2.69. The molecule has 0 bridgehead atoms. The highest BCUT2D eigenvalue weighted by atomic mass is 32.2. The lowest BCUT2D eigenvalue weighted by atomic mass is 10.3. The standard InChI is InChI=1S/C10H10N2O2S2/c1-3-16(13,14)12-8-4-5-9-10(6-8)15-7(2)11-9/h3-6,12H,1H2,2H3. The monoisotopic (exact) mass is 254 g/mol. The minimum absolute atomic E-state index is 0.524. The number of rotatable bonds is 3. The van der Waals surface area contributed by atoms with Gasteiger partial charge in [0.05, 0.1) is 20.9 Å². The number of hydrogen-bond donors (Lipinski definition) is 1. The van der Waals surface area contributed by atoms with Gasteiger partial charge in [-0.15, -0.1) is 11.3 Å². The molecule has 2 aromatic rings. The van der Waals surface area contributed by atoms with Crippen LogP contribution in [0.25, 0.3) is 10.2 Å². The van der Waals surface area contributed by atoms with Gasteiger partial charge in [-0.25, -0.2) is 13.4 Å². The maximum absolute atomic E-state index is 11.3. The van der Waals surface area contributed by atoms with E-state index >= 15 is 0 Å². The van der Waals surface area contributed by atoms with Gasteiger partial charge in [0.2, 0.25) is 0 Å². The number of anilines is 1. The number of nitrogens with one attached hydrogen (secondary N) is 1. The van der Waals surface area contributed by atoms with Gasteiger partial charge in [-0.1, -0.05) is 6.58 Å². The molecule has 0 saturated heterocycles. The first-order chi connectivity index (χ1) is 7.50. The minimum atomic E-state index is -3.44. The number of hydrogen-bond acceptors (Lipinski definition) is 4. The van der Waals surface area contributed by atoms with Gasteiger partial charge in [-0.3, -0.25) is 4.72 Å². The number of thiazole rings is 1. The smallest absolute Gasteiger partial charge is 0.254 e. The Labute approximate surface area is 97.7 Å². The summed E-state index contributed by atoms with van der Waals surface area (Å²) in [6.45, 7) is 5.15. The lowest BCUT2D eigenvalue weighted by Crippen LogP contribution is -2.07. The maximum atomic E-state index is 11.3. The third-order valence-corrected chi connectivity index (χ3v) is 3.87. The number of aryl methyl sites for hydroxylation is 1. The van der Waals surface area contributed by atoms with Crippen molar-refractivity contribution in [2.24, 2.45) is 0 Å². The van der Waals surface area contributed by atoms with Gasteiger partial charge in [0.25, 0.3) is 10.0 Å². The Balaban J connectivity index is 2.43. The molecule has 1 N–H and O–H groups in total. The normalized spacial score (nSPS) is 11.6. The van der Waals surface area contributed by atoms with Crippen LogP contribution in [0.5, 0.6) is 0 Å². The van der Waals surface area contributed by atoms with Crippen molar-refractivity contribution in [1.29, 1.82) is 0 Å². The highest BCUT2D eigenvalue weighted by Crippen LogP contribution is 2.25. The molecule has 6 heteroatoms. The number of benzene rings is 1. The summed E-state index contributed by atoms with van der Waals surface area (Å²) >= 11 is 1.53. The third-order valence-electron chi connectivity index (χ3n) is 1.97. The summed E-state index contributed by atoms with van der Waals surface area (Å²) in [6.07, 6.45) is 0. The molecule has 0 aliphatic carbocycles. The fraction of sp³-hybridized carbons (Fsp3) is 0.100. The Bertz CT molecular complexity index is 644. The van der Waals surface area contributed by atoms with Gasteiger partial charge in [0, 0.05) is 5.41 Å². The van der Waals surface area contributed by atoms with Crippen LogP contribution in [-0.2, 0) is 10.0 Å². The molecule has 0 aliphatic heterocycles. The quantitative estimate of drug-likeness (QED) is 0.915. The molecule has 0 atom stereocenters. The third kappa shape index (κ3) is 2.23. The molecule has 0 radical (unpaired) electrons. The zero-order chi connectivity index (χ0) is 11.8. The van der Waals surface area contributed by atoms with Gasteiger partial charge in [-0.2, -0.15) is 0 Å². The van der Waals surface area contributed by atoms with Crippen LogP contribution in [0.4, 0.5) is 5.69 Å². The molecule has 1 heterocycles. The van der Waals surface area contributed by atoms with E-state index < -0.39 is 10.0 Å². The van der Waals surface area contributed by atoms with Crippen LogP contribution in [0.15, 0.2) is 30.2 Å². The van der Waals surface area contributed by atoms with Crippen LogP contribution < -0.4 is 4.72 Å². The number of fused-ring (bicyclic) bond motifs is 1. The summed E-state index contributed by atoms with van der Waals surface area (Å²) in [7, 11) is -3.44. The zero-order valence-corrected chi connectivity index (χ0v) is 10.2. The lowest BCUT2D eigenvalue weighted by molar-refractivity contribution is 0.609. The highest BCUT2D eigenvalue weighted by Gasteiger charge is 2.06. The van der Waals surface area contributed by atoms with E-state index in [-0.39, 0.29) is 0 Å². The largest absolute Gasteiger partial charge is 0.280 e. The van der Waals surface area contributed by atoms with E-state index in [9.17, 15) is 8.42 Å². The van der Waals surface area contributed by atoms with Crippen molar-refractivity contribution in [3.63, 3.8) is 0 Å². The molecular weight excluding hydrogens is 244 g/mol. The van der Waals surface area contributed by atoms with E-state index in [1.165, 1.54) is 11.3 Å². The topological polar surface area (TPSA) is 59.1 Å². The van der Waals surface area contributed by atoms with E-state index in [0.29, 0.717) is 5.69 Å². The minimum Gasteiger partial charge on any atom is -0.280 e. The second-order valence-corrected chi connectivity index (χ2v) is 6.09. The van der Waals surface area contributed by atoms with Crippen molar-refractivity contribution >= 4 is 37.3 Å². The molecule has 84 valence electrons. The Morgan fingerprint density at radius 3 is 2.94 bits per heavy atom. The molecule has 0 unspecified atom stereocenters. The maximum Gasteiger partial charge on any atom is 0.254 e. The lowest BCUT2D eigenvalue weighted by Gasteiger charge is -2.02. The number of sulfonamides is 1. The molecule has 0 spiro atoms. The summed E-state index contributed by atoms with van der Waals surface area (Å²) in [5, 5.41) is 1.84. The first-order valence-corrected chi connectivity index (χ1v) is 6.89. The predicted molar refractivity (Wildman–Crippen MR) is 67.1 cm³/mol. The van der Waals surface area contributed by atoms with Crippen molar-refractivity contribution in [2.75, 3.05) is 4.72 Å². The van der Waals surface area contributed by atoms with Crippen molar-refractivity contribution in [3.8, 4) is 0 Å². The molecule has 4 nitrogen and oxygen atoms in total.